The first kappa shape index (κ1) is 15.6. The number of amides is 1. The summed E-state index contributed by atoms with van der Waals surface area (Å²) in [6.45, 7) is 6.95. The number of nitrogens with zero attached hydrogens (tertiary/aromatic N) is 2. The Balaban J connectivity index is 1.79. The number of aromatic nitrogens is 1. The normalized spacial score (nSPS) is 17.1. The van der Waals surface area contributed by atoms with Gasteiger partial charge in [-0.05, 0) is 36.7 Å². The smallest absolute Gasteiger partial charge is 0.410 e. The SMILES string of the molecule is CC(C)(C)OC(=O)N1CCC(Oc2nc(Br)cs2)CC1. The van der Waals surface area contributed by atoms with E-state index in [0.29, 0.717) is 18.3 Å². The van der Waals surface area contributed by atoms with Crippen molar-refractivity contribution in [2.45, 2.75) is 45.3 Å². The molecule has 1 saturated heterocycles. The topological polar surface area (TPSA) is 51.7 Å². The quantitative estimate of drug-likeness (QED) is 0.804. The van der Waals surface area contributed by atoms with Crippen molar-refractivity contribution in [1.29, 1.82) is 0 Å². The van der Waals surface area contributed by atoms with Gasteiger partial charge in [-0.15, -0.1) is 0 Å². The van der Waals surface area contributed by atoms with Crippen LogP contribution in [0.1, 0.15) is 33.6 Å². The van der Waals surface area contributed by atoms with Gasteiger partial charge < -0.3 is 14.4 Å². The number of hydrogen-bond donors (Lipinski definition) is 0. The van der Waals surface area contributed by atoms with Crippen LogP contribution >= 0.6 is 27.3 Å². The predicted molar refractivity (Wildman–Crippen MR) is 81.3 cm³/mol. The zero-order valence-corrected chi connectivity index (χ0v) is 14.3. The third-order valence-corrected chi connectivity index (χ3v) is 4.26. The van der Waals surface area contributed by atoms with Crippen molar-refractivity contribution in [3.63, 3.8) is 0 Å². The zero-order chi connectivity index (χ0) is 14.8. The first-order valence-electron chi connectivity index (χ1n) is 6.59. The summed E-state index contributed by atoms with van der Waals surface area (Å²) in [7, 11) is 0. The molecule has 2 rings (SSSR count). The molecule has 0 N–H and O–H groups in total. The van der Waals surface area contributed by atoms with Crippen LogP contribution in [-0.2, 0) is 4.74 Å². The Labute approximate surface area is 131 Å². The molecule has 0 atom stereocenters. The van der Waals surface area contributed by atoms with Gasteiger partial charge in [0, 0.05) is 31.3 Å². The molecule has 0 unspecified atom stereocenters. The summed E-state index contributed by atoms with van der Waals surface area (Å²) in [5.41, 5.74) is -0.447. The minimum atomic E-state index is -0.447. The molecule has 1 aromatic heterocycles. The summed E-state index contributed by atoms with van der Waals surface area (Å²) in [6.07, 6.45) is 1.48. The molecule has 1 aromatic rings. The van der Waals surface area contributed by atoms with Gasteiger partial charge >= 0.3 is 6.09 Å². The van der Waals surface area contributed by atoms with Crippen molar-refractivity contribution in [3.8, 4) is 5.19 Å². The molecule has 1 aliphatic heterocycles. The van der Waals surface area contributed by atoms with Crippen LogP contribution in [0.4, 0.5) is 4.79 Å². The second kappa shape index (κ2) is 6.30. The maximum absolute atomic E-state index is 11.9. The molecule has 1 amide bonds. The second-order valence-corrected chi connectivity index (χ2v) is 7.35. The van der Waals surface area contributed by atoms with Crippen LogP contribution in [0.3, 0.4) is 0 Å². The number of halogens is 1. The largest absolute Gasteiger partial charge is 0.467 e. The lowest BCUT2D eigenvalue weighted by atomic mass is 10.1. The third kappa shape index (κ3) is 4.63. The van der Waals surface area contributed by atoms with Crippen molar-refractivity contribution in [2.75, 3.05) is 13.1 Å². The van der Waals surface area contributed by atoms with E-state index in [0.717, 1.165) is 17.4 Å². The molecule has 1 aliphatic rings. The first-order valence-corrected chi connectivity index (χ1v) is 8.26. The molecule has 0 saturated carbocycles. The van der Waals surface area contributed by atoms with Gasteiger partial charge in [-0.3, -0.25) is 0 Å². The van der Waals surface area contributed by atoms with E-state index in [-0.39, 0.29) is 12.2 Å². The van der Waals surface area contributed by atoms with Crippen molar-refractivity contribution in [1.82, 2.24) is 9.88 Å². The van der Waals surface area contributed by atoms with Crippen molar-refractivity contribution < 1.29 is 14.3 Å². The van der Waals surface area contributed by atoms with E-state index in [1.165, 1.54) is 11.3 Å². The van der Waals surface area contributed by atoms with Gasteiger partial charge in [0.25, 0.3) is 5.19 Å². The third-order valence-electron chi connectivity index (χ3n) is 2.82. The molecular formula is C13H19BrN2O3S. The number of hydrogen-bond acceptors (Lipinski definition) is 5. The maximum atomic E-state index is 11.9. The zero-order valence-electron chi connectivity index (χ0n) is 11.9. The highest BCUT2D eigenvalue weighted by Gasteiger charge is 2.27. The number of thiazole rings is 1. The van der Waals surface area contributed by atoms with Gasteiger partial charge in [-0.2, -0.15) is 4.98 Å². The molecule has 20 heavy (non-hydrogen) atoms. The Morgan fingerprint density at radius 3 is 2.60 bits per heavy atom. The van der Waals surface area contributed by atoms with E-state index in [9.17, 15) is 4.79 Å². The number of likely N-dealkylation sites (tertiary alicyclic amines) is 1. The summed E-state index contributed by atoms with van der Waals surface area (Å²) in [5, 5.41) is 2.57. The molecule has 0 spiro atoms. The van der Waals surface area contributed by atoms with Crippen LogP contribution in [0.15, 0.2) is 9.98 Å². The van der Waals surface area contributed by atoms with Crippen LogP contribution in [-0.4, -0.2) is 40.8 Å². The van der Waals surface area contributed by atoms with E-state index in [4.69, 9.17) is 9.47 Å². The Morgan fingerprint density at radius 1 is 1.45 bits per heavy atom. The lowest BCUT2D eigenvalue weighted by Crippen LogP contribution is -2.44. The molecule has 0 bridgehead atoms. The van der Waals surface area contributed by atoms with Crippen molar-refractivity contribution in [3.05, 3.63) is 9.98 Å². The summed E-state index contributed by atoms with van der Waals surface area (Å²) >= 11 is 4.78. The Bertz CT molecular complexity index is 464. The van der Waals surface area contributed by atoms with Crippen molar-refractivity contribution >= 4 is 33.4 Å². The molecule has 2 heterocycles. The van der Waals surface area contributed by atoms with Gasteiger partial charge in [0.1, 0.15) is 16.3 Å². The molecule has 0 radical (unpaired) electrons. The molecule has 7 heteroatoms. The number of ether oxygens (including phenoxy) is 2. The monoisotopic (exact) mass is 362 g/mol. The summed E-state index contributed by atoms with van der Waals surface area (Å²) < 4.78 is 12.0. The Hall–Kier alpha value is -0.820. The van der Waals surface area contributed by atoms with E-state index in [2.05, 4.69) is 20.9 Å². The first-order chi connectivity index (χ1) is 9.33. The highest BCUT2D eigenvalue weighted by atomic mass is 79.9. The molecular weight excluding hydrogens is 344 g/mol. The lowest BCUT2D eigenvalue weighted by molar-refractivity contribution is 0.0126. The van der Waals surface area contributed by atoms with E-state index in [1.54, 1.807) is 4.90 Å². The van der Waals surface area contributed by atoms with Gasteiger partial charge in [0.2, 0.25) is 0 Å². The molecule has 112 valence electrons. The van der Waals surface area contributed by atoms with Crippen LogP contribution in [0, 0.1) is 0 Å². The highest BCUT2D eigenvalue weighted by Crippen LogP contribution is 2.25. The number of rotatable bonds is 2. The second-order valence-electron chi connectivity index (χ2n) is 5.72. The lowest BCUT2D eigenvalue weighted by Gasteiger charge is -2.33. The van der Waals surface area contributed by atoms with E-state index < -0.39 is 5.60 Å². The Morgan fingerprint density at radius 2 is 2.10 bits per heavy atom. The molecule has 1 fully saturated rings. The minimum absolute atomic E-state index is 0.117. The van der Waals surface area contributed by atoms with E-state index >= 15 is 0 Å². The fourth-order valence-corrected chi connectivity index (χ4v) is 3.07. The molecule has 0 aromatic carbocycles. The van der Waals surface area contributed by atoms with E-state index in [1.807, 2.05) is 26.2 Å². The minimum Gasteiger partial charge on any atom is -0.467 e. The van der Waals surface area contributed by atoms with Gasteiger partial charge in [-0.25, -0.2) is 4.79 Å². The highest BCUT2D eigenvalue weighted by molar-refractivity contribution is 9.10. The van der Waals surface area contributed by atoms with Crippen LogP contribution in [0.2, 0.25) is 0 Å². The number of piperidine rings is 1. The molecule has 5 nitrogen and oxygen atoms in total. The molecule has 0 aliphatic carbocycles. The van der Waals surface area contributed by atoms with Gasteiger partial charge in [0.05, 0.1) is 0 Å². The van der Waals surface area contributed by atoms with Crippen LogP contribution in [0.5, 0.6) is 5.19 Å². The van der Waals surface area contributed by atoms with Crippen LogP contribution in [0.25, 0.3) is 0 Å². The summed E-state index contributed by atoms with van der Waals surface area (Å²) in [6, 6.07) is 0. The number of carbonyl (C=O) groups excluding carboxylic acids is 1. The van der Waals surface area contributed by atoms with Gasteiger partial charge in [-0.1, -0.05) is 11.3 Å². The van der Waals surface area contributed by atoms with Gasteiger partial charge in [0.15, 0.2) is 0 Å². The Kier molecular flexibility index (Phi) is 4.90. The predicted octanol–water partition coefficient (Wildman–Crippen LogP) is 3.68. The van der Waals surface area contributed by atoms with Crippen LogP contribution < -0.4 is 4.74 Å². The summed E-state index contributed by atoms with van der Waals surface area (Å²) in [5.74, 6) is 0. The average Bonchev–Trinajstić information content (AvgIpc) is 2.73. The summed E-state index contributed by atoms with van der Waals surface area (Å²) in [4.78, 5) is 17.9. The average molecular weight is 363 g/mol. The maximum Gasteiger partial charge on any atom is 0.410 e. The van der Waals surface area contributed by atoms with Crippen molar-refractivity contribution in [2.24, 2.45) is 0 Å². The fourth-order valence-electron chi connectivity index (χ4n) is 1.92. The number of carbonyl (C=O) groups is 1. The standard InChI is InChI=1S/C13H19BrN2O3S/c1-13(2,3)19-12(17)16-6-4-9(5-7-16)18-11-15-10(14)8-20-11/h8-9H,4-7H2,1-3H3. The fraction of sp³-hybridized carbons (Fsp3) is 0.692.